The summed E-state index contributed by atoms with van der Waals surface area (Å²) in [6.07, 6.45) is 8.85. The Balaban J connectivity index is 1.56. The fourth-order valence-electron chi connectivity index (χ4n) is 2.95. The largest absolute Gasteiger partial charge is 0.444 e. The molecule has 2 aromatic heterocycles. The van der Waals surface area contributed by atoms with Crippen LogP contribution in [0.25, 0.3) is 11.3 Å². The summed E-state index contributed by atoms with van der Waals surface area (Å²) in [4.78, 5) is 22.9. The lowest BCUT2D eigenvalue weighted by Gasteiger charge is -2.24. The van der Waals surface area contributed by atoms with Crippen molar-refractivity contribution in [2.24, 2.45) is 13.0 Å². The Labute approximate surface area is 148 Å². The Morgan fingerprint density at radius 3 is 2.68 bits per heavy atom. The molecule has 0 saturated carbocycles. The van der Waals surface area contributed by atoms with Crippen LogP contribution in [0.15, 0.2) is 24.8 Å². The van der Waals surface area contributed by atoms with E-state index in [1.165, 1.54) is 0 Å². The molecule has 7 nitrogen and oxygen atoms in total. The number of nitrogens with zero attached hydrogens (tertiary/aromatic N) is 5. The van der Waals surface area contributed by atoms with Gasteiger partial charge < -0.3 is 9.64 Å². The lowest BCUT2D eigenvalue weighted by atomic mass is 10.0. The van der Waals surface area contributed by atoms with Crippen LogP contribution in [0.2, 0.25) is 0 Å². The van der Waals surface area contributed by atoms with Crippen LogP contribution in [0, 0.1) is 5.92 Å². The van der Waals surface area contributed by atoms with Crippen LogP contribution in [0.1, 0.15) is 32.9 Å². The van der Waals surface area contributed by atoms with Crippen LogP contribution in [-0.2, 0) is 18.2 Å². The molecule has 1 aliphatic rings. The van der Waals surface area contributed by atoms with Gasteiger partial charge in [0.1, 0.15) is 5.60 Å². The summed E-state index contributed by atoms with van der Waals surface area (Å²) < 4.78 is 7.18. The topological polar surface area (TPSA) is 73.1 Å². The number of amides is 1. The Kier molecular flexibility index (Phi) is 4.74. The maximum atomic E-state index is 12.1. The second-order valence-electron chi connectivity index (χ2n) is 7.58. The molecule has 1 aliphatic heterocycles. The van der Waals surface area contributed by atoms with Gasteiger partial charge in [-0.15, -0.1) is 0 Å². The van der Waals surface area contributed by atoms with Crippen molar-refractivity contribution in [2.75, 3.05) is 13.1 Å². The van der Waals surface area contributed by atoms with E-state index in [0.717, 1.165) is 36.3 Å². The molecule has 0 unspecified atom stereocenters. The molecule has 1 amide bonds. The second-order valence-corrected chi connectivity index (χ2v) is 7.58. The molecule has 1 saturated heterocycles. The van der Waals surface area contributed by atoms with Crippen molar-refractivity contribution in [3.8, 4) is 11.3 Å². The van der Waals surface area contributed by atoms with E-state index in [1.54, 1.807) is 22.0 Å². The van der Waals surface area contributed by atoms with E-state index < -0.39 is 5.60 Å². The number of likely N-dealkylation sites (tertiary alicyclic amines) is 1. The van der Waals surface area contributed by atoms with Crippen LogP contribution in [0.3, 0.4) is 0 Å². The van der Waals surface area contributed by atoms with Gasteiger partial charge in [0.2, 0.25) is 0 Å². The highest BCUT2D eigenvalue weighted by atomic mass is 16.6. The third-order valence-corrected chi connectivity index (χ3v) is 4.14. The average Bonchev–Trinajstić information content (AvgIpc) is 3.16. The minimum absolute atomic E-state index is 0.229. The molecule has 3 heterocycles. The first-order valence-electron chi connectivity index (χ1n) is 8.58. The Bertz CT molecular complexity index is 733. The first-order chi connectivity index (χ1) is 11.8. The zero-order chi connectivity index (χ0) is 18.0. The molecular formula is C18H25N5O2. The van der Waals surface area contributed by atoms with E-state index in [-0.39, 0.29) is 6.09 Å². The molecule has 3 rings (SSSR count). The minimum atomic E-state index is -0.456. The molecule has 0 aliphatic carbocycles. The van der Waals surface area contributed by atoms with Crippen LogP contribution in [0.4, 0.5) is 4.79 Å². The van der Waals surface area contributed by atoms with Gasteiger partial charge in [-0.05, 0) is 39.5 Å². The maximum absolute atomic E-state index is 12.1. The van der Waals surface area contributed by atoms with Crippen molar-refractivity contribution in [1.29, 1.82) is 0 Å². The summed E-state index contributed by atoms with van der Waals surface area (Å²) in [5, 5.41) is 4.15. The lowest BCUT2D eigenvalue weighted by molar-refractivity contribution is 0.0288. The number of ether oxygens (including phenoxy) is 1. The average molecular weight is 343 g/mol. The van der Waals surface area contributed by atoms with E-state index in [9.17, 15) is 4.79 Å². The van der Waals surface area contributed by atoms with Gasteiger partial charge in [-0.1, -0.05) is 0 Å². The van der Waals surface area contributed by atoms with Gasteiger partial charge >= 0.3 is 6.09 Å². The van der Waals surface area contributed by atoms with E-state index in [4.69, 9.17) is 4.74 Å². The molecule has 0 spiro atoms. The van der Waals surface area contributed by atoms with Crippen LogP contribution in [0.5, 0.6) is 0 Å². The Morgan fingerprint density at radius 2 is 2.08 bits per heavy atom. The first-order valence-corrected chi connectivity index (χ1v) is 8.58. The summed E-state index contributed by atoms with van der Waals surface area (Å²) in [6.45, 7) is 7.11. The van der Waals surface area contributed by atoms with Crippen molar-refractivity contribution < 1.29 is 9.53 Å². The molecule has 0 bridgehead atoms. The Hall–Kier alpha value is -2.44. The fourth-order valence-corrected chi connectivity index (χ4v) is 2.95. The number of aryl methyl sites for hydroxylation is 1. The van der Waals surface area contributed by atoms with Crippen molar-refractivity contribution >= 4 is 6.09 Å². The van der Waals surface area contributed by atoms with Crippen LogP contribution < -0.4 is 0 Å². The normalized spacial score (nSPS) is 17.8. The summed E-state index contributed by atoms with van der Waals surface area (Å²) in [5.74, 6) is 0.395. The summed E-state index contributed by atoms with van der Waals surface area (Å²) in [6, 6.07) is 0. The SMILES string of the molecule is Cn1cc(-c2cnc(C[C@@H]3CCN(C(=O)OC(C)(C)C)C3)cn2)cn1. The number of carbonyl (C=O) groups excluding carboxylic acids is 1. The van der Waals surface area contributed by atoms with Gasteiger partial charge in [0.05, 0.1) is 23.8 Å². The molecule has 0 N–H and O–H groups in total. The third-order valence-electron chi connectivity index (χ3n) is 4.14. The molecule has 134 valence electrons. The molecule has 2 aromatic rings. The molecular weight excluding hydrogens is 318 g/mol. The van der Waals surface area contributed by atoms with E-state index in [2.05, 4.69) is 15.1 Å². The van der Waals surface area contributed by atoms with Crippen molar-refractivity contribution in [2.45, 2.75) is 39.2 Å². The molecule has 0 aromatic carbocycles. The van der Waals surface area contributed by atoms with Gasteiger partial charge in [-0.2, -0.15) is 5.10 Å². The van der Waals surface area contributed by atoms with Gasteiger partial charge in [0, 0.05) is 38.1 Å². The second kappa shape index (κ2) is 6.82. The van der Waals surface area contributed by atoms with Crippen LogP contribution in [-0.4, -0.2) is 49.4 Å². The quantitative estimate of drug-likeness (QED) is 0.857. The highest BCUT2D eigenvalue weighted by molar-refractivity contribution is 5.68. The smallest absolute Gasteiger partial charge is 0.410 e. The number of aromatic nitrogens is 4. The van der Waals surface area contributed by atoms with Crippen molar-refractivity contribution in [3.05, 3.63) is 30.5 Å². The van der Waals surface area contributed by atoms with Gasteiger partial charge in [0.15, 0.2) is 0 Å². The fraction of sp³-hybridized carbons (Fsp3) is 0.556. The summed E-state index contributed by atoms with van der Waals surface area (Å²) in [5.41, 5.74) is 2.27. The molecule has 0 radical (unpaired) electrons. The van der Waals surface area contributed by atoms with Gasteiger partial charge in [-0.25, -0.2) is 4.79 Å². The van der Waals surface area contributed by atoms with Crippen LogP contribution >= 0.6 is 0 Å². The monoisotopic (exact) mass is 343 g/mol. The van der Waals surface area contributed by atoms with Crippen molar-refractivity contribution in [1.82, 2.24) is 24.6 Å². The zero-order valence-electron chi connectivity index (χ0n) is 15.3. The highest BCUT2D eigenvalue weighted by Crippen LogP contribution is 2.23. The van der Waals surface area contributed by atoms with E-state index in [1.807, 2.05) is 40.2 Å². The highest BCUT2D eigenvalue weighted by Gasteiger charge is 2.30. The van der Waals surface area contributed by atoms with Crippen molar-refractivity contribution in [3.63, 3.8) is 0 Å². The standard InChI is InChI=1S/C18H25N5O2/c1-18(2,3)25-17(24)23-6-5-13(11-23)7-15-9-20-16(10-19-15)14-8-21-22(4)12-14/h8-10,12-13H,5-7,11H2,1-4H3/t13-/m0/s1. The Morgan fingerprint density at radius 1 is 1.28 bits per heavy atom. The predicted octanol–water partition coefficient (Wildman–Crippen LogP) is 2.68. The number of hydrogen-bond donors (Lipinski definition) is 0. The number of carbonyl (C=O) groups is 1. The van der Waals surface area contributed by atoms with Gasteiger partial charge in [0.25, 0.3) is 0 Å². The molecule has 25 heavy (non-hydrogen) atoms. The summed E-state index contributed by atoms with van der Waals surface area (Å²) in [7, 11) is 1.88. The minimum Gasteiger partial charge on any atom is -0.444 e. The molecule has 1 atom stereocenters. The number of hydrogen-bond acceptors (Lipinski definition) is 5. The molecule has 7 heteroatoms. The van der Waals surface area contributed by atoms with E-state index in [0.29, 0.717) is 12.5 Å². The zero-order valence-corrected chi connectivity index (χ0v) is 15.3. The lowest BCUT2D eigenvalue weighted by Crippen LogP contribution is -2.35. The number of rotatable bonds is 3. The summed E-state index contributed by atoms with van der Waals surface area (Å²) >= 11 is 0. The predicted molar refractivity (Wildman–Crippen MR) is 93.9 cm³/mol. The first kappa shape index (κ1) is 17.4. The molecule has 1 fully saturated rings. The van der Waals surface area contributed by atoms with Gasteiger partial charge in [-0.3, -0.25) is 14.6 Å². The van der Waals surface area contributed by atoms with E-state index >= 15 is 0 Å². The third kappa shape index (κ3) is 4.55. The maximum Gasteiger partial charge on any atom is 0.410 e.